The normalized spacial score (nSPS) is 15.0. The van der Waals surface area contributed by atoms with Gasteiger partial charge in [-0.25, -0.2) is 9.59 Å². The number of nitrogens with zero attached hydrogens (tertiary/aromatic N) is 1. The zero-order chi connectivity index (χ0) is 15.4. The zero-order valence-electron chi connectivity index (χ0n) is 11.1. The highest BCUT2D eigenvalue weighted by Crippen LogP contribution is 2.32. The smallest absolute Gasteiger partial charge is 0.326 e. The highest BCUT2D eigenvalue weighted by atomic mass is 16.6. The summed E-state index contributed by atoms with van der Waals surface area (Å²) in [5, 5.41) is 24.5. The van der Waals surface area contributed by atoms with E-state index in [-0.39, 0.29) is 18.2 Å². The summed E-state index contributed by atoms with van der Waals surface area (Å²) >= 11 is 0. The van der Waals surface area contributed by atoms with Gasteiger partial charge in [0.05, 0.1) is 4.92 Å². The van der Waals surface area contributed by atoms with Gasteiger partial charge in [-0.05, 0) is 24.3 Å². The molecule has 112 valence electrons. The van der Waals surface area contributed by atoms with Crippen molar-refractivity contribution in [1.82, 2.24) is 10.6 Å². The summed E-state index contributed by atoms with van der Waals surface area (Å²) in [4.78, 5) is 32.8. The topological polar surface area (TPSA) is 122 Å². The molecule has 8 nitrogen and oxygen atoms in total. The summed E-state index contributed by atoms with van der Waals surface area (Å²) in [6, 6.07) is 4.41. The van der Waals surface area contributed by atoms with Crippen LogP contribution in [0, 0.1) is 16.0 Å². The molecule has 0 saturated heterocycles. The number of carbonyl (C=O) groups is 2. The lowest BCUT2D eigenvalue weighted by Gasteiger charge is -2.14. The standard InChI is InChI=1S/C13H15N3O5/c17-12(18)11(9-4-5-9)15-13(19)14-7-8-2-1-3-10(6-8)16(20)21/h1-3,6,9,11H,4-5,7H2,(H,17,18)(H2,14,15,19). The number of aliphatic carboxylic acids is 1. The van der Waals surface area contributed by atoms with Crippen LogP contribution in [0.25, 0.3) is 0 Å². The van der Waals surface area contributed by atoms with Crippen LogP contribution < -0.4 is 10.6 Å². The van der Waals surface area contributed by atoms with Gasteiger partial charge in [0.2, 0.25) is 0 Å². The third-order valence-corrected chi connectivity index (χ3v) is 3.22. The Morgan fingerprint density at radius 1 is 1.43 bits per heavy atom. The van der Waals surface area contributed by atoms with Gasteiger partial charge in [0.15, 0.2) is 0 Å². The van der Waals surface area contributed by atoms with E-state index in [0.717, 1.165) is 12.8 Å². The van der Waals surface area contributed by atoms with Crippen LogP contribution in [0.4, 0.5) is 10.5 Å². The van der Waals surface area contributed by atoms with E-state index in [9.17, 15) is 19.7 Å². The minimum Gasteiger partial charge on any atom is -0.480 e. The van der Waals surface area contributed by atoms with Gasteiger partial charge in [-0.3, -0.25) is 10.1 Å². The second-order valence-electron chi connectivity index (χ2n) is 4.91. The number of carboxylic acid groups (broad SMARTS) is 1. The molecule has 1 aromatic carbocycles. The average molecular weight is 293 g/mol. The van der Waals surface area contributed by atoms with Gasteiger partial charge in [-0.1, -0.05) is 12.1 Å². The molecule has 0 aromatic heterocycles. The molecular formula is C13H15N3O5. The van der Waals surface area contributed by atoms with Crippen LogP contribution in [0.15, 0.2) is 24.3 Å². The number of carbonyl (C=O) groups excluding carboxylic acids is 1. The van der Waals surface area contributed by atoms with Crippen LogP contribution in [-0.2, 0) is 11.3 Å². The minimum atomic E-state index is -1.05. The zero-order valence-corrected chi connectivity index (χ0v) is 11.1. The fourth-order valence-electron chi connectivity index (χ4n) is 1.97. The molecule has 1 atom stereocenters. The van der Waals surface area contributed by atoms with Gasteiger partial charge in [-0.15, -0.1) is 0 Å². The Balaban J connectivity index is 1.87. The van der Waals surface area contributed by atoms with Crippen molar-refractivity contribution in [3.05, 3.63) is 39.9 Å². The number of amides is 2. The van der Waals surface area contributed by atoms with E-state index >= 15 is 0 Å². The number of non-ortho nitro benzene ring substituents is 1. The Kier molecular flexibility index (Phi) is 4.36. The van der Waals surface area contributed by atoms with E-state index in [1.807, 2.05) is 0 Å². The first-order chi connectivity index (χ1) is 9.97. The maximum atomic E-state index is 11.7. The van der Waals surface area contributed by atoms with E-state index in [2.05, 4.69) is 10.6 Å². The lowest BCUT2D eigenvalue weighted by atomic mass is 10.2. The first-order valence-electron chi connectivity index (χ1n) is 6.48. The summed E-state index contributed by atoms with van der Waals surface area (Å²) in [5.74, 6) is -1.06. The van der Waals surface area contributed by atoms with E-state index < -0.39 is 23.0 Å². The number of hydrogen-bond acceptors (Lipinski definition) is 4. The summed E-state index contributed by atoms with van der Waals surface area (Å²) < 4.78 is 0. The molecule has 0 aliphatic heterocycles. The van der Waals surface area contributed by atoms with Crippen LogP contribution in [-0.4, -0.2) is 28.1 Å². The molecule has 1 aliphatic carbocycles. The van der Waals surface area contributed by atoms with E-state index in [1.54, 1.807) is 6.07 Å². The van der Waals surface area contributed by atoms with Crippen LogP contribution in [0.3, 0.4) is 0 Å². The van der Waals surface area contributed by atoms with Crippen LogP contribution >= 0.6 is 0 Å². The molecule has 2 amide bonds. The molecule has 3 N–H and O–H groups in total. The van der Waals surface area contributed by atoms with Gasteiger partial charge in [-0.2, -0.15) is 0 Å². The molecule has 1 saturated carbocycles. The van der Waals surface area contributed by atoms with E-state index in [1.165, 1.54) is 18.2 Å². The third-order valence-electron chi connectivity index (χ3n) is 3.22. The molecule has 8 heteroatoms. The third kappa shape index (κ3) is 4.16. The van der Waals surface area contributed by atoms with Crippen LogP contribution in [0.2, 0.25) is 0 Å². The fourth-order valence-corrected chi connectivity index (χ4v) is 1.97. The van der Waals surface area contributed by atoms with Crippen molar-refractivity contribution in [2.45, 2.75) is 25.4 Å². The Morgan fingerprint density at radius 3 is 2.71 bits per heavy atom. The van der Waals surface area contributed by atoms with E-state index in [4.69, 9.17) is 5.11 Å². The minimum absolute atomic E-state index is 0.00828. The quantitative estimate of drug-likeness (QED) is 0.538. The van der Waals surface area contributed by atoms with Crippen molar-refractivity contribution in [2.24, 2.45) is 5.92 Å². The molecule has 0 bridgehead atoms. The SMILES string of the molecule is O=C(NCc1cccc([N+](=O)[O-])c1)NC(C(=O)O)C1CC1. The summed E-state index contributed by atoms with van der Waals surface area (Å²) in [6.45, 7) is 0.0878. The fraction of sp³-hybridized carbons (Fsp3) is 0.385. The number of rotatable bonds is 6. The van der Waals surface area contributed by atoms with Gasteiger partial charge in [0, 0.05) is 18.7 Å². The predicted molar refractivity (Wildman–Crippen MR) is 72.6 cm³/mol. The van der Waals surface area contributed by atoms with Crippen molar-refractivity contribution < 1.29 is 19.6 Å². The number of nitrogens with one attached hydrogen (secondary N) is 2. The molecule has 0 heterocycles. The molecular weight excluding hydrogens is 278 g/mol. The predicted octanol–water partition coefficient (Wildman–Crippen LogP) is 1.26. The summed E-state index contributed by atoms with van der Waals surface area (Å²) in [7, 11) is 0. The Bertz CT molecular complexity index is 571. The number of nitro benzene ring substituents is 1. The number of benzene rings is 1. The summed E-state index contributed by atoms with van der Waals surface area (Å²) in [6.07, 6.45) is 1.59. The van der Waals surface area contributed by atoms with Crippen molar-refractivity contribution in [3.8, 4) is 0 Å². The molecule has 1 unspecified atom stereocenters. The van der Waals surface area contributed by atoms with Crippen molar-refractivity contribution in [1.29, 1.82) is 0 Å². The van der Waals surface area contributed by atoms with Gasteiger partial charge >= 0.3 is 12.0 Å². The second-order valence-corrected chi connectivity index (χ2v) is 4.91. The van der Waals surface area contributed by atoms with Gasteiger partial charge in [0.1, 0.15) is 6.04 Å². The lowest BCUT2D eigenvalue weighted by Crippen LogP contribution is -2.46. The first-order valence-corrected chi connectivity index (χ1v) is 6.48. The monoisotopic (exact) mass is 293 g/mol. The van der Waals surface area contributed by atoms with Gasteiger partial charge in [0.25, 0.3) is 5.69 Å². The first kappa shape index (κ1) is 14.8. The largest absolute Gasteiger partial charge is 0.480 e. The Morgan fingerprint density at radius 2 is 2.14 bits per heavy atom. The molecule has 1 aliphatic rings. The van der Waals surface area contributed by atoms with Crippen molar-refractivity contribution in [2.75, 3.05) is 0 Å². The molecule has 0 spiro atoms. The molecule has 1 fully saturated rings. The second kappa shape index (κ2) is 6.21. The van der Waals surface area contributed by atoms with Crippen molar-refractivity contribution in [3.63, 3.8) is 0 Å². The Labute approximate surface area is 120 Å². The van der Waals surface area contributed by atoms with Crippen molar-refractivity contribution >= 4 is 17.7 Å². The average Bonchev–Trinajstić information content (AvgIpc) is 3.27. The number of nitro groups is 1. The number of carboxylic acids is 1. The maximum Gasteiger partial charge on any atom is 0.326 e. The molecule has 2 rings (SSSR count). The van der Waals surface area contributed by atoms with Crippen LogP contribution in [0.5, 0.6) is 0 Å². The van der Waals surface area contributed by atoms with Gasteiger partial charge < -0.3 is 15.7 Å². The highest BCUT2D eigenvalue weighted by Gasteiger charge is 2.37. The lowest BCUT2D eigenvalue weighted by molar-refractivity contribution is -0.384. The Hall–Kier alpha value is -2.64. The summed E-state index contributed by atoms with van der Waals surface area (Å²) in [5.41, 5.74) is 0.508. The number of hydrogen-bond donors (Lipinski definition) is 3. The maximum absolute atomic E-state index is 11.7. The molecule has 21 heavy (non-hydrogen) atoms. The molecule has 1 aromatic rings. The molecule has 0 radical (unpaired) electrons. The highest BCUT2D eigenvalue weighted by molar-refractivity contribution is 5.83. The van der Waals surface area contributed by atoms with E-state index in [0.29, 0.717) is 5.56 Å². The van der Waals surface area contributed by atoms with Crippen LogP contribution in [0.1, 0.15) is 18.4 Å². The number of urea groups is 1.